The summed E-state index contributed by atoms with van der Waals surface area (Å²) in [7, 11) is 0. The number of aromatic amines is 1. The van der Waals surface area contributed by atoms with Gasteiger partial charge in [-0.1, -0.05) is 18.2 Å². The summed E-state index contributed by atoms with van der Waals surface area (Å²) in [4.78, 5) is 22.0. The van der Waals surface area contributed by atoms with Gasteiger partial charge in [-0.2, -0.15) is 0 Å². The summed E-state index contributed by atoms with van der Waals surface area (Å²) in [6.07, 6.45) is 1.68. The summed E-state index contributed by atoms with van der Waals surface area (Å²) in [5.41, 5.74) is 2.34. The number of hydrogen-bond donors (Lipinski definition) is 2. The van der Waals surface area contributed by atoms with Crippen molar-refractivity contribution in [1.82, 2.24) is 14.5 Å². The van der Waals surface area contributed by atoms with Crippen LogP contribution in [0.2, 0.25) is 0 Å². The molecule has 0 saturated carbocycles. The zero-order chi connectivity index (χ0) is 16.6. The third-order valence-electron chi connectivity index (χ3n) is 4.60. The molecule has 0 aliphatic carbocycles. The largest absolute Gasteiger partial charge is 0.349 e. The van der Waals surface area contributed by atoms with E-state index in [-0.39, 0.29) is 5.56 Å². The van der Waals surface area contributed by atoms with Crippen molar-refractivity contribution >= 4 is 21.9 Å². The first-order valence-corrected chi connectivity index (χ1v) is 8.30. The number of benzene rings is 1. The van der Waals surface area contributed by atoms with E-state index in [1.165, 1.54) is 4.90 Å². The maximum atomic E-state index is 12.7. The van der Waals surface area contributed by atoms with Gasteiger partial charge in [-0.25, -0.2) is 4.98 Å². The van der Waals surface area contributed by atoms with Crippen LogP contribution in [0.4, 0.5) is 0 Å². The zero-order valence-corrected chi connectivity index (χ0v) is 14.3. The van der Waals surface area contributed by atoms with Crippen molar-refractivity contribution in [1.29, 1.82) is 0 Å². The molecule has 0 fully saturated rings. The van der Waals surface area contributed by atoms with Gasteiger partial charge >= 0.3 is 0 Å². The number of nitrogens with zero attached hydrogens (tertiary/aromatic N) is 2. The Morgan fingerprint density at radius 3 is 2.57 bits per heavy atom. The lowest BCUT2D eigenvalue weighted by atomic mass is 10.2. The van der Waals surface area contributed by atoms with Crippen LogP contribution in [-0.2, 0) is 6.54 Å². The summed E-state index contributed by atoms with van der Waals surface area (Å²) in [5.74, 6) is 0. The fraction of sp³-hybridized carbons (Fsp3) is 0.444. The van der Waals surface area contributed by atoms with E-state index in [1.807, 2.05) is 24.3 Å². The highest BCUT2D eigenvalue weighted by molar-refractivity contribution is 6.04. The number of rotatable bonds is 5. The third kappa shape index (κ3) is 2.88. The molecule has 0 aliphatic heterocycles. The SMILES string of the molecule is CC(C)[NH+](CCn1cnc2c([nH]c3ccccc32)c1=O)C(C)C. The van der Waals surface area contributed by atoms with Gasteiger partial charge in [0.25, 0.3) is 5.56 Å². The van der Waals surface area contributed by atoms with Crippen LogP contribution >= 0.6 is 0 Å². The topological polar surface area (TPSA) is 55.1 Å². The van der Waals surface area contributed by atoms with Crippen molar-refractivity contribution in [2.75, 3.05) is 6.54 Å². The van der Waals surface area contributed by atoms with Crippen LogP contribution in [0.15, 0.2) is 35.4 Å². The Balaban J connectivity index is 1.95. The van der Waals surface area contributed by atoms with Crippen molar-refractivity contribution in [3.8, 4) is 0 Å². The summed E-state index contributed by atoms with van der Waals surface area (Å²) in [5, 5.41) is 1.00. The van der Waals surface area contributed by atoms with Crippen LogP contribution in [0.5, 0.6) is 0 Å². The van der Waals surface area contributed by atoms with Gasteiger partial charge in [0.05, 0.1) is 31.5 Å². The molecule has 2 aromatic heterocycles. The lowest BCUT2D eigenvalue weighted by molar-refractivity contribution is -0.942. The molecule has 1 aromatic carbocycles. The summed E-state index contributed by atoms with van der Waals surface area (Å²) in [6, 6.07) is 8.97. The number of H-pyrrole nitrogens is 1. The molecule has 0 atom stereocenters. The minimum absolute atomic E-state index is 0.0121. The van der Waals surface area contributed by atoms with E-state index in [0.717, 1.165) is 23.0 Å². The predicted octanol–water partition coefficient (Wildman–Crippen LogP) is 1.58. The maximum Gasteiger partial charge on any atom is 0.277 e. The fourth-order valence-electron chi connectivity index (χ4n) is 3.39. The monoisotopic (exact) mass is 313 g/mol. The Hall–Kier alpha value is -2.14. The molecule has 0 amide bonds. The molecule has 5 nitrogen and oxygen atoms in total. The Labute approximate surface area is 135 Å². The minimum Gasteiger partial charge on any atom is -0.349 e. The van der Waals surface area contributed by atoms with Crippen LogP contribution in [-0.4, -0.2) is 33.2 Å². The molecule has 0 bridgehead atoms. The normalized spacial score (nSPS) is 12.3. The first-order valence-electron chi connectivity index (χ1n) is 8.30. The van der Waals surface area contributed by atoms with Crippen molar-refractivity contribution in [3.05, 3.63) is 40.9 Å². The number of nitrogens with one attached hydrogen (secondary N) is 2. The van der Waals surface area contributed by atoms with Crippen LogP contribution in [0.3, 0.4) is 0 Å². The van der Waals surface area contributed by atoms with Crippen molar-refractivity contribution in [2.45, 2.75) is 46.3 Å². The lowest BCUT2D eigenvalue weighted by Crippen LogP contribution is -3.18. The van der Waals surface area contributed by atoms with E-state index in [9.17, 15) is 4.79 Å². The average Bonchev–Trinajstić information content (AvgIpc) is 2.88. The summed E-state index contributed by atoms with van der Waals surface area (Å²) < 4.78 is 1.72. The second kappa shape index (κ2) is 6.16. The first-order chi connectivity index (χ1) is 11.0. The van der Waals surface area contributed by atoms with Gasteiger partial charge < -0.3 is 9.88 Å². The zero-order valence-electron chi connectivity index (χ0n) is 14.3. The van der Waals surface area contributed by atoms with Gasteiger partial charge in [0.2, 0.25) is 0 Å². The Kier molecular flexibility index (Phi) is 4.22. The quantitative estimate of drug-likeness (QED) is 0.751. The highest BCUT2D eigenvalue weighted by atomic mass is 16.1. The molecule has 23 heavy (non-hydrogen) atoms. The van der Waals surface area contributed by atoms with E-state index >= 15 is 0 Å². The summed E-state index contributed by atoms with van der Waals surface area (Å²) in [6.45, 7) is 10.5. The molecule has 0 radical (unpaired) electrons. The standard InChI is InChI=1S/C18H24N4O/c1-12(2)22(13(3)4)10-9-21-11-19-16-14-7-5-6-8-15(14)20-17(16)18(21)23/h5-8,11-13,20H,9-10H2,1-4H3/p+1. The molecular formula is C18H25N4O+. The van der Waals surface area contributed by atoms with E-state index in [2.05, 4.69) is 37.7 Å². The van der Waals surface area contributed by atoms with E-state index in [1.54, 1.807) is 10.9 Å². The van der Waals surface area contributed by atoms with Gasteiger partial charge in [-0.3, -0.25) is 9.36 Å². The molecule has 122 valence electrons. The van der Waals surface area contributed by atoms with Crippen molar-refractivity contribution in [2.24, 2.45) is 0 Å². The molecule has 2 heterocycles. The summed E-state index contributed by atoms with van der Waals surface area (Å²) >= 11 is 0. The Morgan fingerprint density at radius 2 is 1.87 bits per heavy atom. The first kappa shape index (κ1) is 15.7. The van der Waals surface area contributed by atoms with Crippen LogP contribution in [0, 0.1) is 0 Å². The molecule has 0 aliphatic rings. The lowest BCUT2D eigenvalue weighted by Gasteiger charge is -2.27. The van der Waals surface area contributed by atoms with E-state index in [0.29, 0.717) is 24.1 Å². The second-order valence-corrected chi connectivity index (χ2v) is 6.77. The Morgan fingerprint density at radius 1 is 1.17 bits per heavy atom. The number of para-hydroxylation sites is 1. The second-order valence-electron chi connectivity index (χ2n) is 6.77. The van der Waals surface area contributed by atoms with Crippen molar-refractivity contribution < 1.29 is 4.90 Å². The molecule has 3 rings (SSSR count). The molecule has 0 spiro atoms. The highest BCUT2D eigenvalue weighted by Gasteiger charge is 2.17. The van der Waals surface area contributed by atoms with E-state index in [4.69, 9.17) is 0 Å². The van der Waals surface area contributed by atoms with Crippen LogP contribution in [0.25, 0.3) is 21.9 Å². The number of hydrogen-bond acceptors (Lipinski definition) is 2. The van der Waals surface area contributed by atoms with Gasteiger partial charge in [-0.05, 0) is 33.8 Å². The third-order valence-corrected chi connectivity index (χ3v) is 4.60. The highest BCUT2D eigenvalue weighted by Crippen LogP contribution is 2.20. The molecule has 5 heteroatoms. The van der Waals surface area contributed by atoms with Crippen LogP contribution in [0.1, 0.15) is 27.7 Å². The van der Waals surface area contributed by atoms with Crippen molar-refractivity contribution in [3.63, 3.8) is 0 Å². The predicted molar refractivity (Wildman–Crippen MR) is 94.0 cm³/mol. The maximum absolute atomic E-state index is 12.7. The molecular weight excluding hydrogens is 288 g/mol. The van der Waals surface area contributed by atoms with Gasteiger partial charge in [0, 0.05) is 10.9 Å². The minimum atomic E-state index is 0.0121. The molecule has 0 saturated heterocycles. The number of fused-ring (bicyclic) bond motifs is 3. The van der Waals surface area contributed by atoms with Gasteiger partial charge in [0.15, 0.2) is 0 Å². The smallest absolute Gasteiger partial charge is 0.277 e. The average molecular weight is 313 g/mol. The van der Waals surface area contributed by atoms with E-state index < -0.39 is 0 Å². The van der Waals surface area contributed by atoms with Crippen LogP contribution < -0.4 is 10.5 Å². The number of aromatic nitrogens is 3. The van der Waals surface area contributed by atoms with Gasteiger partial charge in [0.1, 0.15) is 11.0 Å². The fourth-order valence-corrected chi connectivity index (χ4v) is 3.39. The molecule has 3 aromatic rings. The van der Waals surface area contributed by atoms with Gasteiger partial charge in [-0.15, -0.1) is 0 Å². The molecule has 0 unspecified atom stereocenters. The molecule has 2 N–H and O–H groups in total. The number of quaternary nitrogens is 1. The Bertz CT molecular complexity index is 867.